The van der Waals surface area contributed by atoms with Gasteiger partial charge in [-0.15, -0.1) is 0 Å². The van der Waals surface area contributed by atoms with Gasteiger partial charge in [-0.05, 0) is 24.1 Å². The van der Waals surface area contributed by atoms with Gasteiger partial charge in [-0.1, -0.05) is 54.6 Å². The van der Waals surface area contributed by atoms with Crippen LogP contribution in [-0.2, 0) is 0 Å². The van der Waals surface area contributed by atoms with E-state index in [1.165, 1.54) is 6.07 Å². The molecule has 2 heteroatoms. The molecule has 0 radical (unpaired) electrons. The van der Waals surface area contributed by atoms with Crippen LogP contribution in [0, 0.1) is 5.82 Å². The Bertz CT molecular complexity index is 544. The summed E-state index contributed by atoms with van der Waals surface area (Å²) in [6.07, 6.45) is 2.81. The van der Waals surface area contributed by atoms with Crippen LogP contribution in [0.4, 0.5) is 4.39 Å². The Balaban J connectivity index is 2.31. The fourth-order valence-electron chi connectivity index (χ4n) is 1.74. The zero-order valence-corrected chi connectivity index (χ0v) is 10.2. The molecule has 92 valence electrons. The van der Waals surface area contributed by atoms with Crippen molar-refractivity contribution in [1.29, 1.82) is 0 Å². The monoisotopic (exact) mass is 242 g/mol. The highest BCUT2D eigenvalue weighted by Crippen LogP contribution is 2.23. The van der Waals surface area contributed by atoms with E-state index in [2.05, 4.69) is 0 Å². The maximum Gasteiger partial charge on any atom is 0.131 e. The first-order valence-electron chi connectivity index (χ1n) is 5.88. The van der Waals surface area contributed by atoms with Crippen molar-refractivity contribution in [3.05, 3.63) is 66.0 Å². The first-order valence-corrected chi connectivity index (χ1v) is 5.88. The molecule has 2 aromatic carbocycles. The van der Waals surface area contributed by atoms with Crippen LogP contribution in [0.25, 0.3) is 17.2 Å². The number of hydrogen-bond donors (Lipinski definition) is 1. The topological polar surface area (TPSA) is 20.2 Å². The van der Waals surface area contributed by atoms with Gasteiger partial charge in [0.1, 0.15) is 5.82 Å². The van der Waals surface area contributed by atoms with Crippen LogP contribution in [0.5, 0.6) is 0 Å². The molecule has 0 heterocycles. The van der Waals surface area contributed by atoms with Gasteiger partial charge in [0.05, 0.1) is 6.10 Å². The van der Waals surface area contributed by atoms with Gasteiger partial charge < -0.3 is 5.11 Å². The van der Waals surface area contributed by atoms with E-state index in [-0.39, 0.29) is 5.82 Å². The summed E-state index contributed by atoms with van der Waals surface area (Å²) in [6.45, 7) is 1.66. The Kier molecular flexibility index (Phi) is 3.90. The van der Waals surface area contributed by atoms with Crippen LogP contribution in [0.3, 0.4) is 0 Å². The van der Waals surface area contributed by atoms with Gasteiger partial charge in [0.15, 0.2) is 0 Å². The van der Waals surface area contributed by atoms with Crippen LogP contribution in [0.1, 0.15) is 12.5 Å². The largest absolute Gasteiger partial charge is 0.389 e. The molecule has 0 aliphatic heterocycles. The molecule has 1 atom stereocenters. The summed E-state index contributed by atoms with van der Waals surface area (Å²) in [6, 6.07) is 14.5. The van der Waals surface area contributed by atoms with E-state index < -0.39 is 6.10 Å². The quantitative estimate of drug-likeness (QED) is 0.865. The van der Waals surface area contributed by atoms with Crippen molar-refractivity contribution in [3.63, 3.8) is 0 Å². The summed E-state index contributed by atoms with van der Waals surface area (Å²) < 4.78 is 14.0. The maximum atomic E-state index is 14.0. The second kappa shape index (κ2) is 5.61. The Morgan fingerprint density at radius 3 is 2.44 bits per heavy atom. The van der Waals surface area contributed by atoms with Crippen molar-refractivity contribution in [2.45, 2.75) is 13.0 Å². The van der Waals surface area contributed by atoms with Crippen molar-refractivity contribution in [2.75, 3.05) is 0 Å². The highest BCUT2D eigenvalue weighted by molar-refractivity contribution is 5.66. The molecule has 0 bridgehead atoms. The van der Waals surface area contributed by atoms with E-state index in [1.807, 2.05) is 36.4 Å². The predicted molar refractivity (Wildman–Crippen MR) is 72.6 cm³/mol. The fourth-order valence-corrected chi connectivity index (χ4v) is 1.74. The zero-order valence-electron chi connectivity index (χ0n) is 10.2. The van der Waals surface area contributed by atoms with E-state index >= 15 is 0 Å². The summed E-state index contributed by atoms with van der Waals surface area (Å²) in [5.41, 5.74) is 2.19. The molecule has 0 spiro atoms. The minimum absolute atomic E-state index is 0.256. The first-order chi connectivity index (χ1) is 8.66. The minimum Gasteiger partial charge on any atom is -0.389 e. The Labute approximate surface area is 106 Å². The second-order valence-corrected chi connectivity index (χ2v) is 4.21. The minimum atomic E-state index is -0.526. The van der Waals surface area contributed by atoms with E-state index in [1.54, 1.807) is 25.1 Å². The first kappa shape index (κ1) is 12.5. The lowest BCUT2D eigenvalue weighted by molar-refractivity contribution is 0.245. The van der Waals surface area contributed by atoms with Crippen LogP contribution in [0.15, 0.2) is 54.6 Å². The van der Waals surface area contributed by atoms with Gasteiger partial charge in [-0.3, -0.25) is 0 Å². The van der Waals surface area contributed by atoms with Crippen LogP contribution in [0.2, 0.25) is 0 Å². The highest BCUT2D eigenvalue weighted by atomic mass is 19.1. The van der Waals surface area contributed by atoms with Crippen LogP contribution in [-0.4, -0.2) is 11.2 Å². The maximum absolute atomic E-state index is 14.0. The predicted octanol–water partition coefficient (Wildman–Crippen LogP) is 3.89. The second-order valence-electron chi connectivity index (χ2n) is 4.21. The summed E-state index contributed by atoms with van der Waals surface area (Å²) in [7, 11) is 0. The Morgan fingerprint density at radius 1 is 1.11 bits per heavy atom. The standard InChI is InChI=1S/C16H15FO/c1-12(18)7-8-13-9-10-15(16(17)11-13)14-5-3-2-4-6-14/h2-12,18H,1H3. The molecule has 0 amide bonds. The molecule has 1 unspecified atom stereocenters. The molecule has 0 aliphatic carbocycles. The molecule has 0 fully saturated rings. The van der Waals surface area contributed by atoms with Crippen LogP contribution >= 0.6 is 0 Å². The van der Waals surface area contributed by atoms with Crippen molar-refractivity contribution < 1.29 is 9.50 Å². The SMILES string of the molecule is CC(O)C=Cc1ccc(-c2ccccc2)c(F)c1. The molecular weight excluding hydrogens is 227 g/mol. The smallest absolute Gasteiger partial charge is 0.131 e. The van der Waals surface area contributed by atoms with Gasteiger partial charge in [0.2, 0.25) is 0 Å². The molecule has 1 nitrogen and oxygen atoms in total. The van der Waals surface area contributed by atoms with Gasteiger partial charge in [0.25, 0.3) is 0 Å². The van der Waals surface area contributed by atoms with E-state index in [0.29, 0.717) is 5.56 Å². The van der Waals surface area contributed by atoms with Gasteiger partial charge >= 0.3 is 0 Å². The number of halogens is 1. The highest BCUT2D eigenvalue weighted by Gasteiger charge is 2.04. The third-order valence-corrected chi connectivity index (χ3v) is 2.65. The average Bonchev–Trinajstić information content (AvgIpc) is 2.37. The third-order valence-electron chi connectivity index (χ3n) is 2.65. The van der Waals surface area contributed by atoms with Crippen LogP contribution < -0.4 is 0 Å². The number of benzene rings is 2. The van der Waals surface area contributed by atoms with Gasteiger partial charge in [-0.25, -0.2) is 4.39 Å². The van der Waals surface area contributed by atoms with E-state index in [4.69, 9.17) is 5.11 Å². The zero-order chi connectivity index (χ0) is 13.0. The number of hydrogen-bond acceptors (Lipinski definition) is 1. The summed E-state index contributed by atoms with van der Waals surface area (Å²) >= 11 is 0. The molecule has 0 saturated heterocycles. The summed E-state index contributed by atoms with van der Waals surface area (Å²) in [4.78, 5) is 0. The lowest BCUT2D eigenvalue weighted by Crippen LogP contribution is -1.91. The van der Waals surface area contributed by atoms with Gasteiger partial charge in [0, 0.05) is 5.56 Å². The lowest BCUT2D eigenvalue weighted by atomic mass is 10.0. The van der Waals surface area contributed by atoms with Gasteiger partial charge in [-0.2, -0.15) is 0 Å². The van der Waals surface area contributed by atoms with Crippen molar-refractivity contribution in [1.82, 2.24) is 0 Å². The number of aliphatic hydroxyl groups excluding tert-OH is 1. The van der Waals surface area contributed by atoms with Crippen molar-refractivity contribution in [2.24, 2.45) is 0 Å². The normalized spacial score (nSPS) is 12.8. The Morgan fingerprint density at radius 2 is 1.83 bits per heavy atom. The number of aliphatic hydroxyl groups is 1. The Hall–Kier alpha value is -1.93. The summed E-state index contributed by atoms with van der Waals surface area (Å²) in [5.74, 6) is -0.256. The molecule has 0 saturated carbocycles. The van der Waals surface area contributed by atoms with Crippen molar-refractivity contribution >= 4 is 6.08 Å². The number of rotatable bonds is 3. The third kappa shape index (κ3) is 3.05. The average molecular weight is 242 g/mol. The van der Waals surface area contributed by atoms with E-state index in [0.717, 1.165) is 11.1 Å². The molecule has 0 aliphatic rings. The molecular formula is C16H15FO. The summed E-state index contributed by atoms with van der Waals surface area (Å²) in [5, 5.41) is 9.14. The molecule has 1 N–H and O–H groups in total. The lowest BCUT2D eigenvalue weighted by Gasteiger charge is -2.04. The molecule has 18 heavy (non-hydrogen) atoms. The fraction of sp³-hybridized carbons (Fsp3) is 0.125. The molecule has 0 aromatic heterocycles. The molecule has 2 aromatic rings. The van der Waals surface area contributed by atoms with Crippen molar-refractivity contribution in [3.8, 4) is 11.1 Å². The molecule has 2 rings (SSSR count). The van der Waals surface area contributed by atoms with E-state index in [9.17, 15) is 4.39 Å².